The number of nitrogens with two attached hydrogens (primary N) is 1. The number of hydrogen-bond donors (Lipinski definition) is 2. The molecule has 0 aromatic heterocycles. The highest BCUT2D eigenvalue weighted by Gasteiger charge is 2.07. The van der Waals surface area contributed by atoms with Crippen molar-refractivity contribution in [3.8, 4) is 0 Å². The largest absolute Gasteiger partial charge is 0.397 e. The lowest BCUT2D eigenvalue weighted by Gasteiger charge is -2.08. The summed E-state index contributed by atoms with van der Waals surface area (Å²) in [5.74, 6) is 0.194. The molecule has 3 N–H and O–H groups in total. The minimum absolute atomic E-state index is 0.119. The summed E-state index contributed by atoms with van der Waals surface area (Å²) in [5, 5.41) is 3.29. The van der Waals surface area contributed by atoms with E-state index in [2.05, 4.69) is 21.2 Å². The Morgan fingerprint density at radius 1 is 1.25 bits per heavy atom. The van der Waals surface area contributed by atoms with Gasteiger partial charge in [-0.1, -0.05) is 27.5 Å². The summed E-state index contributed by atoms with van der Waals surface area (Å²) in [4.78, 5) is 12.9. The van der Waals surface area contributed by atoms with Gasteiger partial charge in [0.05, 0.1) is 17.1 Å². The topological polar surface area (TPSA) is 55.1 Å². The molecule has 2 rings (SSSR count). The normalized spacial score (nSPS) is 10.3. The lowest BCUT2D eigenvalue weighted by molar-refractivity contribution is -0.113. The third kappa shape index (κ3) is 4.44. The molecule has 0 fully saturated rings. The van der Waals surface area contributed by atoms with Crippen LogP contribution in [0.1, 0.15) is 0 Å². The first-order valence-corrected chi connectivity index (χ1v) is 7.93. The molecule has 6 heteroatoms. The van der Waals surface area contributed by atoms with E-state index >= 15 is 0 Å². The average Bonchev–Trinajstić information content (AvgIpc) is 2.42. The highest BCUT2D eigenvalue weighted by atomic mass is 79.9. The number of amides is 1. The molecule has 0 saturated heterocycles. The molecule has 0 heterocycles. The van der Waals surface area contributed by atoms with Gasteiger partial charge in [0.1, 0.15) is 0 Å². The predicted molar refractivity (Wildman–Crippen MR) is 89.4 cm³/mol. The first-order valence-electron chi connectivity index (χ1n) is 5.78. The van der Waals surface area contributed by atoms with Crippen LogP contribution >= 0.6 is 39.3 Å². The third-order valence-electron chi connectivity index (χ3n) is 2.47. The summed E-state index contributed by atoms with van der Waals surface area (Å²) in [5.41, 5.74) is 6.81. The number of carbonyl (C=O) groups is 1. The maximum absolute atomic E-state index is 11.9. The monoisotopic (exact) mass is 370 g/mol. The average molecular weight is 372 g/mol. The number of nitrogen functional groups attached to an aromatic ring is 1. The van der Waals surface area contributed by atoms with E-state index in [1.54, 1.807) is 18.2 Å². The van der Waals surface area contributed by atoms with Gasteiger partial charge in [-0.3, -0.25) is 4.79 Å². The van der Waals surface area contributed by atoms with Gasteiger partial charge in [-0.2, -0.15) is 0 Å². The lowest BCUT2D eigenvalue weighted by atomic mass is 10.2. The Bertz CT molecular complexity index is 619. The molecule has 0 aliphatic heterocycles. The van der Waals surface area contributed by atoms with Gasteiger partial charge in [0.25, 0.3) is 0 Å². The molecular formula is C14H12BrClN2OS. The minimum Gasteiger partial charge on any atom is -0.397 e. The lowest BCUT2D eigenvalue weighted by Crippen LogP contribution is -2.15. The zero-order valence-electron chi connectivity index (χ0n) is 10.4. The molecule has 0 unspecified atom stereocenters. The molecule has 0 atom stereocenters. The number of thioether (sulfide) groups is 1. The van der Waals surface area contributed by atoms with Crippen LogP contribution in [0.15, 0.2) is 51.8 Å². The van der Waals surface area contributed by atoms with Crippen molar-refractivity contribution in [2.24, 2.45) is 0 Å². The van der Waals surface area contributed by atoms with Crippen LogP contribution in [0, 0.1) is 0 Å². The van der Waals surface area contributed by atoms with Crippen LogP contribution in [0.25, 0.3) is 0 Å². The highest BCUT2D eigenvalue weighted by molar-refractivity contribution is 9.10. The highest BCUT2D eigenvalue weighted by Crippen LogP contribution is 2.24. The number of benzene rings is 2. The molecule has 104 valence electrons. The van der Waals surface area contributed by atoms with E-state index in [0.717, 1.165) is 9.37 Å². The summed E-state index contributed by atoms with van der Waals surface area (Å²) in [6, 6.07) is 12.8. The van der Waals surface area contributed by atoms with Crippen LogP contribution in [0.3, 0.4) is 0 Å². The van der Waals surface area contributed by atoms with Gasteiger partial charge < -0.3 is 11.1 Å². The van der Waals surface area contributed by atoms with E-state index < -0.39 is 0 Å². The van der Waals surface area contributed by atoms with Crippen LogP contribution < -0.4 is 11.1 Å². The van der Waals surface area contributed by atoms with Crippen LogP contribution in [-0.2, 0) is 4.79 Å². The maximum Gasteiger partial charge on any atom is 0.234 e. The number of carbonyl (C=O) groups excluding carboxylic acids is 1. The second-order valence-corrected chi connectivity index (χ2v) is 6.42. The fourth-order valence-electron chi connectivity index (χ4n) is 1.50. The zero-order chi connectivity index (χ0) is 14.5. The summed E-state index contributed by atoms with van der Waals surface area (Å²) < 4.78 is 1.01. The molecule has 0 radical (unpaired) electrons. The summed E-state index contributed by atoms with van der Waals surface area (Å²) in [6.45, 7) is 0. The Morgan fingerprint density at radius 2 is 1.95 bits per heavy atom. The van der Waals surface area contributed by atoms with Crippen molar-refractivity contribution >= 4 is 56.6 Å². The van der Waals surface area contributed by atoms with Gasteiger partial charge in [-0.25, -0.2) is 0 Å². The van der Waals surface area contributed by atoms with Crippen LogP contribution in [-0.4, -0.2) is 11.7 Å². The molecule has 3 nitrogen and oxygen atoms in total. The van der Waals surface area contributed by atoms with Crippen molar-refractivity contribution in [1.29, 1.82) is 0 Å². The minimum atomic E-state index is -0.119. The van der Waals surface area contributed by atoms with Gasteiger partial charge in [-0.05, 0) is 42.5 Å². The molecule has 20 heavy (non-hydrogen) atoms. The van der Waals surface area contributed by atoms with Crippen molar-refractivity contribution in [2.75, 3.05) is 16.8 Å². The summed E-state index contributed by atoms with van der Waals surface area (Å²) in [6.07, 6.45) is 0. The predicted octanol–water partition coefficient (Wildman–Crippen LogP) is 4.42. The molecule has 0 spiro atoms. The van der Waals surface area contributed by atoms with Crippen molar-refractivity contribution in [1.82, 2.24) is 0 Å². The SMILES string of the molecule is Nc1ccc(Cl)cc1NC(=O)CSc1ccc(Br)cc1. The Hall–Kier alpha value is -1.17. The Morgan fingerprint density at radius 3 is 2.65 bits per heavy atom. The first-order chi connectivity index (χ1) is 9.54. The molecule has 2 aromatic carbocycles. The second kappa shape index (κ2) is 7.02. The van der Waals surface area contributed by atoms with Crippen molar-refractivity contribution < 1.29 is 4.79 Å². The van der Waals surface area contributed by atoms with E-state index in [0.29, 0.717) is 22.2 Å². The Balaban J connectivity index is 1.92. The van der Waals surface area contributed by atoms with Gasteiger partial charge >= 0.3 is 0 Å². The van der Waals surface area contributed by atoms with Crippen molar-refractivity contribution in [3.63, 3.8) is 0 Å². The van der Waals surface area contributed by atoms with Gasteiger partial charge in [0, 0.05) is 14.4 Å². The third-order valence-corrected chi connectivity index (χ3v) is 4.25. The maximum atomic E-state index is 11.9. The van der Waals surface area contributed by atoms with Crippen LogP contribution in [0.2, 0.25) is 5.02 Å². The first kappa shape index (κ1) is 15.2. The molecule has 0 saturated carbocycles. The van der Waals surface area contributed by atoms with E-state index in [4.69, 9.17) is 17.3 Å². The summed E-state index contributed by atoms with van der Waals surface area (Å²) in [7, 11) is 0. The molecule has 0 aliphatic rings. The van der Waals surface area contributed by atoms with Crippen LogP contribution in [0.4, 0.5) is 11.4 Å². The summed E-state index contributed by atoms with van der Waals surface area (Å²) >= 11 is 10.7. The number of hydrogen-bond acceptors (Lipinski definition) is 3. The molecule has 2 aromatic rings. The molecule has 0 bridgehead atoms. The quantitative estimate of drug-likeness (QED) is 0.618. The van der Waals surface area contributed by atoms with Gasteiger partial charge in [-0.15, -0.1) is 11.8 Å². The number of anilines is 2. The van der Waals surface area contributed by atoms with E-state index in [1.165, 1.54) is 11.8 Å². The number of nitrogens with one attached hydrogen (secondary N) is 1. The Labute approximate surface area is 135 Å². The van der Waals surface area contributed by atoms with Crippen molar-refractivity contribution in [3.05, 3.63) is 52.0 Å². The van der Waals surface area contributed by atoms with Crippen molar-refractivity contribution in [2.45, 2.75) is 4.90 Å². The number of rotatable bonds is 4. The van der Waals surface area contributed by atoms with E-state index in [9.17, 15) is 4.79 Å². The Kier molecular flexibility index (Phi) is 5.34. The molecule has 1 amide bonds. The van der Waals surface area contributed by atoms with Gasteiger partial charge in [0.2, 0.25) is 5.91 Å². The number of halogens is 2. The smallest absolute Gasteiger partial charge is 0.234 e. The van der Waals surface area contributed by atoms with E-state index in [-0.39, 0.29) is 5.91 Å². The standard InChI is InChI=1S/C14H12BrClN2OS/c15-9-1-4-11(5-2-9)20-8-14(19)18-13-7-10(16)3-6-12(13)17/h1-7H,8,17H2,(H,18,19). The molecule has 0 aliphatic carbocycles. The fraction of sp³-hybridized carbons (Fsp3) is 0.0714. The fourth-order valence-corrected chi connectivity index (χ4v) is 2.64. The molecular weight excluding hydrogens is 360 g/mol. The second-order valence-electron chi connectivity index (χ2n) is 4.02. The zero-order valence-corrected chi connectivity index (χ0v) is 13.6. The van der Waals surface area contributed by atoms with E-state index in [1.807, 2.05) is 24.3 Å². The van der Waals surface area contributed by atoms with Crippen LogP contribution in [0.5, 0.6) is 0 Å². The van der Waals surface area contributed by atoms with Gasteiger partial charge in [0.15, 0.2) is 0 Å².